The largest absolute Gasteiger partial charge is 0.459 e. The number of ether oxygens (including phenoxy) is 1. The molecule has 0 amide bonds. The highest BCUT2D eigenvalue weighted by Crippen LogP contribution is 2.24. The van der Waals surface area contributed by atoms with E-state index in [2.05, 4.69) is 35.3 Å². The average molecular weight is 359 g/mol. The molecule has 0 spiro atoms. The van der Waals surface area contributed by atoms with E-state index in [-0.39, 0.29) is 12.0 Å². The molecular formula is C22H34N2O2. The van der Waals surface area contributed by atoms with E-state index in [1.807, 2.05) is 20.8 Å². The minimum Gasteiger partial charge on any atom is -0.459 e. The maximum atomic E-state index is 13.0. The number of rotatable bonds is 4. The molecule has 4 nitrogen and oxygen atoms in total. The van der Waals surface area contributed by atoms with E-state index >= 15 is 0 Å². The van der Waals surface area contributed by atoms with Crippen LogP contribution in [0.15, 0.2) is 18.2 Å². The zero-order chi connectivity index (χ0) is 18.7. The summed E-state index contributed by atoms with van der Waals surface area (Å²) >= 11 is 0. The highest BCUT2D eigenvalue weighted by molar-refractivity contribution is 5.76. The number of hydrogen-bond donors (Lipinski definition) is 1. The van der Waals surface area contributed by atoms with Crippen LogP contribution >= 0.6 is 0 Å². The van der Waals surface area contributed by atoms with E-state index in [9.17, 15) is 4.79 Å². The van der Waals surface area contributed by atoms with Crippen LogP contribution in [0.5, 0.6) is 0 Å². The van der Waals surface area contributed by atoms with Crippen molar-refractivity contribution in [2.24, 2.45) is 0 Å². The second-order valence-electron chi connectivity index (χ2n) is 8.91. The molecule has 144 valence electrons. The van der Waals surface area contributed by atoms with Gasteiger partial charge in [0.1, 0.15) is 11.6 Å². The number of nitrogens with zero attached hydrogens (tertiary/aromatic N) is 1. The lowest BCUT2D eigenvalue weighted by molar-refractivity contribution is -0.162. The van der Waals surface area contributed by atoms with Gasteiger partial charge < -0.3 is 10.1 Å². The topological polar surface area (TPSA) is 41.6 Å². The minimum absolute atomic E-state index is 0.0932. The summed E-state index contributed by atoms with van der Waals surface area (Å²) in [5, 5.41) is 3.46. The van der Waals surface area contributed by atoms with Crippen molar-refractivity contribution in [3.05, 3.63) is 34.9 Å². The molecule has 0 bridgehead atoms. The normalized spacial score (nSPS) is 22.5. The maximum absolute atomic E-state index is 13.0. The summed E-state index contributed by atoms with van der Waals surface area (Å²) in [6, 6.07) is 7.01. The van der Waals surface area contributed by atoms with Gasteiger partial charge in [-0.15, -0.1) is 0 Å². The zero-order valence-electron chi connectivity index (χ0n) is 16.8. The summed E-state index contributed by atoms with van der Waals surface area (Å²) in [5.74, 6) is -0.0932. The first kappa shape index (κ1) is 19.4. The molecule has 1 aromatic rings. The molecule has 0 radical (unpaired) electrons. The quantitative estimate of drug-likeness (QED) is 0.840. The average Bonchev–Trinajstić information content (AvgIpc) is 2.58. The molecule has 3 rings (SSSR count). The van der Waals surface area contributed by atoms with E-state index in [0.29, 0.717) is 6.04 Å². The van der Waals surface area contributed by atoms with Crippen molar-refractivity contribution >= 4 is 5.97 Å². The molecule has 0 unspecified atom stereocenters. The first-order chi connectivity index (χ1) is 12.3. The van der Waals surface area contributed by atoms with Crippen LogP contribution < -0.4 is 5.32 Å². The van der Waals surface area contributed by atoms with Gasteiger partial charge in [-0.25, -0.2) is 0 Å². The molecule has 2 atom stereocenters. The molecule has 0 saturated carbocycles. The second-order valence-corrected chi connectivity index (χ2v) is 8.91. The van der Waals surface area contributed by atoms with E-state index in [4.69, 9.17) is 4.74 Å². The molecule has 1 saturated heterocycles. The van der Waals surface area contributed by atoms with Crippen LogP contribution in [0.4, 0.5) is 0 Å². The number of esters is 1. The monoisotopic (exact) mass is 358 g/mol. The lowest BCUT2D eigenvalue weighted by Gasteiger charge is -2.37. The van der Waals surface area contributed by atoms with Crippen LogP contribution in [0.25, 0.3) is 0 Å². The Kier molecular flexibility index (Phi) is 6.03. The summed E-state index contributed by atoms with van der Waals surface area (Å²) in [7, 11) is 0. The van der Waals surface area contributed by atoms with Gasteiger partial charge >= 0.3 is 5.97 Å². The van der Waals surface area contributed by atoms with Crippen LogP contribution in [0.2, 0.25) is 0 Å². The predicted molar refractivity (Wildman–Crippen MR) is 105 cm³/mol. The van der Waals surface area contributed by atoms with Crippen molar-refractivity contribution < 1.29 is 9.53 Å². The van der Waals surface area contributed by atoms with Crippen LogP contribution in [0.1, 0.15) is 57.2 Å². The Morgan fingerprint density at radius 2 is 2.00 bits per heavy atom. The number of nitrogens with one attached hydrogen (secondary N) is 1. The SMILES string of the molecule is C[C@H]1CN([C@@H](Cc2ccc3c(c2)CCCC3)C(=O)OC(C)(C)C)CCN1. The molecular weight excluding hydrogens is 324 g/mol. The van der Waals surface area contributed by atoms with E-state index in [1.54, 1.807) is 0 Å². The fourth-order valence-corrected chi connectivity index (χ4v) is 4.11. The number of aryl methyl sites for hydroxylation is 2. The lowest BCUT2D eigenvalue weighted by Crippen LogP contribution is -2.56. The summed E-state index contributed by atoms with van der Waals surface area (Å²) in [6.45, 7) is 10.7. The summed E-state index contributed by atoms with van der Waals surface area (Å²) in [6.07, 6.45) is 5.67. The number of carbonyl (C=O) groups is 1. The number of hydrogen-bond acceptors (Lipinski definition) is 4. The Morgan fingerprint density at radius 1 is 1.27 bits per heavy atom. The van der Waals surface area contributed by atoms with Crippen molar-refractivity contribution in [2.75, 3.05) is 19.6 Å². The Bertz CT molecular complexity index is 636. The fourth-order valence-electron chi connectivity index (χ4n) is 4.11. The van der Waals surface area contributed by atoms with Gasteiger partial charge in [0.25, 0.3) is 0 Å². The molecule has 1 aliphatic heterocycles. The van der Waals surface area contributed by atoms with Gasteiger partial charge in [-0.3, -0.25) is 9.69 Å². The van der Waals surface area contributed by atoms with Gasteiger partial charge in [0.2, 0.25) is 0 Å². The number of benzene rings is 1. The highest BCUT2D eigenvalue weighted by Gasteiger charge is 2.32. The molecule has 1 aliphatic carbocycles. The van der Waals surface area contributed by atoms with Gasteiger partial charge in [-0.2, -0.15) is 0 Å². The summed E-state index contributed by atoms with van der Waals surface area (Å²) < 4.78 is 5.77. The third kappa shape index (κ3) is 5.08. The van der Waals surface area contributed by atoms with Gasteiger partial charge in [0.15, 0.2) is 0 Å². The highest BCUT2D eigenvalue weighted by atomic mass is 16.6. The Hall–Kier alpha value is -1.39. The number of piperazine rings is 1. The van der Waals surface area contributed by atoms with Gasteiger partial charge in [-0.05, 0) is 76.5 Å². The predicted octanol–water partition coefficient (Wildman–Crippen LogP) is 3.11. The number of fused-ring (bicyclic) bond motifs is 1. The van der Waals surface area contributed by atoms with Crippen molar-refractivity contribution in [3.63, 3.8) is 0 Å². The fraction of sp³-hybridized carbons (Fsp3) is 0.682. The Morgan fingerprint density at radius 3 is 2.69 bits per heavy atom. The smallest absolute Gasteiger partial charge is 0.324 e. The van der Waals surface area contributed by atoms with Gasteiger partial charge in [0, 0.05) is 25.7 Å². The lowest BCUT2D eigenvalue weighted by atomic mass is 9.89. The molecule has 1 fully saturated rings. The van der Waals surface area contributed by atoms with E-state index in [1.165, 1.54) is 42.4 Å². The third-order valence-corrected chi connectivity index (χ3v) is 5.36. The van der Waals surface area contributed by atoms with Crippen molar-refractivity contribution in [1.82, 2.24) is 10.2 Å². The minimum atomic E-state index is -0.454. The van der Waals surface area contributed by atoms with E-state index < -0.39 is 5.60 Å². The molecule has 0 aromatic heterocycles. The van der Waals surface area contributed by atoms with Crippen LogP contribution in [-0.2, 0) is 28.8 Å². The summed E-state index contributed by atoms with van der Waals surface area (Å²) in [4.78, 5) is 15.3. The van der Waals surface area contributed by atoms with Crippen LogP contribution in [0.3, 0.4) is 0 Å². The van der Waals surface area contributed by atoms with Crippen LogP contribution in [-0.4, -0.2) is 48.2 Å². The van der Waals surface area contributed by atoms with Crippen molar-refractivity contribution in [1.29, 1.82) is 0 Å². The van der Waals surface area contributed by atoms with Crippen LogP contribution in [0, 0.1) is 0 Å². The first-order valence-electron chi connectivity index (χ1n) is 10.1. The standard InChI is InChI=1S/C22H34N2O2/c1-16-15-24(12-11-23-16)20(21(25)26-22(2,3)4)14-17-9-10-18-7-5-6-8-19(18)13-17/h9-10,13,16,20,23H,5-8,11-12,14-15H2,1-4H3/t16-,20-/m0/s1. The Balaban J connectivity index is 1.79. The second kappa shape index (κ2) is 8.10. The third-order valence-electron chi connectivity index (χ3n) is 5.36. The van der Waals surface area contributed by atoms with Gasteiger partial charge in [-0.1, -0.05) is 18.2 Å². The van der Waals surface area contributed by atoms with E-state index in [0.717, 1.165) is 26.1 Å². The number of carbonyl (C=O) groups excluding carboxylic acids is 1. The summed E-state index contributed by atoms with van der Waals surface area (Å²) in [5.41, 5.74) is 3.77. The molecule has 1 aromatic carbocycles. The van der Waals surface area contributed by atoms with Gasteiger partial charge in [0.05, 0.1) is 0 Å². The Labute approximate surface area is 158 Å². The molecule has 2 aliphatic rings. The first-order valence-corrected chi connectivity index (χ1v) is 10.1. The molecule has 26 heavy (non-hydrogen) atoms. The molecule has 4 heteroatoms. The van der Waals surface area contributed by atoms with Crippen molar-refractivity contribution in [2.45, 2.75) is 77.5 Å². The molecule has 1 N–H and O–H groups in total. The van der Waals surface area contributed by atoms with Crippen molar-refractivity contribution in [3.8, 4) is 0 Å². The molecule has 1 heterocycles. The zero-order valence-corrected chi connectivity index (χ0v) is 16.8. The maximum Gasteiger partial charge on any atom is 0.324 e.